The molecule has 3 rings (SSSR count). The molecule has 1 N–H and O–H groups in total. The third-order valence-electron chi connectivity index (χ3n) is 5.23. The molecule has 0 saturated heterocycles. The number of hydrogen-bond acceptors (Lipinski definition) is 8. The van der Waals surface area contributed by atoms with E-state index in [1.807, 2.05) is 51.3 Å². The number of nitrogens with one attached hydrogen (secondary N) is 1. The van der Waals surface area contributed by atoms with Crippen molar-refractivity contribution in [1.82, 2.24) is 14.8 Å². The van der Waals surface area contributed by atoms with E-state index in [2.05, 4.69) is 15.5 Å². The zero-order valence-corrected chi connectivity index (χ0v) is 22.3. The van der Waals surface area contributed by atoms with E-state index >= 15 is 0 Å². The number of carbonyl (C=O) groups excluding carboxylic acids is 2. The molecule has 0 bridgehead atoms. The number of amides is 1. The number of methoxy groups -OCH3 is 1. The summed E-state index contributed by atoms with van der Waals surface area (Å²) in [6.45, 7) is 10.2. The first-order chi connectivity index (χ1) is 16.2. The number of hydrogen-bond donors (Lipinski definition) is 1. The first-order valence-corrected chi connectivity index (χ1v) is 12.8. The number of ether oxygens (including phenoxy) is 2. The van der Waals surface area contributed by atoms with Crippen LogP contribution in [0.15, 0.2) is 23.4 Å². The summed E-state index contributed by atoms with van der Waals surface area (Å²) >= 11 is 8.72. The van der Waals surface area contributed by atoms with Gasteiger partial charge in [-0.25, -0.2) is 4.79 Å². The summed E-state index contributed by atoms with van der Waals surface area (Å²) in [7, 11) is 1.32. The fraction of sp³-hybridized carbons (Fsp3) is 0.391. The Morgan fingerprint density at radius 3 is 2.65 bits per heavy atom. The highest BCUT2D eigenvalue weighted by molar-refractivity contribution is 7.99. The van der Waals surface area contributed by atoms with Crippen LogP contribution in [-0.2, 0) is 16.1 Å². The van der Waals surface area contributed by atoms with Crippen molar-refractivity contribution in [3.63, 3.8) is 0 Å². The Kier molecular flexibility index (Phi) is 8.62. The van der Waals surface area contributed by atoms with Gasteiger partial charge in [-0.2, -0.15) is 0 Å². The van der Waals surface area contributed by atoms with Crippen LogP contribution in [0.25, 0.3) is 0 Å². The fourth-order valence-electron chi connectivity index (χ4n) is 3.31. The number of nitrogens with zero attached hydrogens (tertiary/aromatic N) is 3. The van der Waals surface area contributed by atoms with Crippen LogP contribution in [0.2, 0.25) is 5.02 Å². The minimum atomic E-state index is -0.468. The standard InChI is InChI=1S/C23H27ClN4O4S2/c1-7-28-20(14(4)32-16-8-9-17(24)12(2)10-16)26-27-23(28)33-11-18(29)25-21-19(22(30)31-6)13(3)15(5)34-21/h8-10,14H,7,11H2,1-6H3,(H,25,29). The second kappa shape index (κ2) is 11.2. The Hall–Kier alpha value is -2.56. The second-order valence-corrected chi connectivity index (χ2v) is 10.1. The lowest BCUT2D eigenvalue weighted by molar-refractivity contribution is -0.113. The molecule has 0 spiro atoms. The number of carbonyl (C=O) groups is 2. The number of halogens is 1. The van der Waals surface area contributed by atoms with Crippen LogP contribution in [0.5, 0.6) is 5.75 Å². The van der Waals surface area contributed by atoms with E-state index < -0.39 is 5.97 Å². The minimum Gasteiger partial charge on any atom is -0.483 e. The lowest BCUT2D eigenvalue weighted by Gasteiger charge is -2.16. The molecule has 0 aliphatic rings. The van der Waals surface area contributed by atoms with Crippen molar-refractivity contribution in [3.05, 3.63) is 50.6 Å². The first-order valence-electron chi connectivity index (χ1n) is 10.6. The Bertz CT molecular complexity index is 1210. The summed E-state index contributed by atoms with van der Waals surface area (Å²) in [5.74, 6) is 0.752. The average Bonchev–Trinajstić information content (AvgIpc) is 3.34. The summed E-state index contributed by atoms with van der Waals surface area (Å²) < 4.78 is 12.8. The lowest BCUT2D eigenvalue weighted by atomic mass is 10.1. The molecule has 0 radical (unpaired) electrons. The molecular weight excluding hydrogens is 496 g/mol. The van der Waals surface area contributed by atoms with Gasteiger partial charge in [0.05, 0.1) is 18.4 Å². The Morgan fingerprint density at radius 1 is 1.26 bits per heavy atom. The predicted octanol–water partition coefficient (Wildman–Crippen LogP) is 5.60. The van der Waals surface area contributed by atoms with Gasteiger partial charge in [0.1, 0.15) is 10.8 Å². The molecular formula is C23H27ClN4O4S2. The van der Waals surface area contributed by atoms with E-state index in [1.165, 1.54) is 30.2 Å². The van der Waals surface area contributed by atoms with E-state index in [0.717, 1.165) is 16.0 Å². The third kappa shape index (κ3) is 5.73. The molecule has 11 heteroatoms. The van der Waals surface area contributed by atoms with Gasteiger partial charge in [0.25, 0.3) is 0 Å². The fourth-order valence-corrected chi connectivity index (χ4v) is 5.30. The van der Waals surface area contributed by atoms with Crippen LogP contribution >= 0.6 is 34.7 Å². The maximum Gasteiger partial charge on any atom is 0.341 e. The largest absolute Gasteiger partial charge is 0.483 e. The van der Waals surface area contributed by atoms with E-state index in [9.17, 15) is 9.59 Å². The quantitative estimate of drug-likeness (QED) is 0.289. The van der Waals surface area contributed by atoms with Gasteiger partial charge >= 0.3 is 5.97 Å². The molecule has 0 saturated carbocycles. The highest BCUT2D eigenvalue weighted by Gasteiger charge is 2.23. The van der Waals surface area contributed by atoms with Crippen molar-refractivity contribution < 1.29 is 19.1 Å². The zero-order valence-electron chi connectivity index (χ0n) is 19.9. The zero-order chi connectivity index (χ0) is 25.0. The maximum absolute atomic E-state index is 12.6. The van der Waals surface area contributed by atoms with Gasteiger partial charge in [0, 0.05) is 16.4 Å². The van der Waals surface area contributed by atoms with Crippen LogP contribution in [0.3, 0.4) is 0 Å². The van der Waals surface area contributed by atoms with Crippen LogP contribution in [0, 0.1) is 20.8 Å². The number of thioether (sulfide) groups is 1. The van der Waals surface area contributed by atoms with Gasteiger partial charge in [-0.3, -0.25) is 4.79 Å². The van der Waals surface area contributed by atoms with Crippen molar-refractivity contribution in [2.24, 2.45) is 0 Å². The summed E-state index contributed by atoms with van der Waals surface area (Å²) in [6, 6.07) is 5.49. The summed E-state index contributed by atoms with van der Waals surface area (Å²) in [5.41, 5.74) is 2.13. The summed E-state index contributed by atoms with van der Waals surface area (Å²) in [5, 5.41) is 13.2. The molecule has 0 aliphatic carbocycles. The van der Waals surface area contributed by atoms with Crippen molar-refractivity contribution in [3.8, 4) is 5.75 Å². The average molecular weight is 523 g/mol. The van der Waals surface area contributed by atoms with Crippen molar-refractivity contribution in [2.75, 3.05) is 18.2 Å². The minimum absolute atomic E-state index is 0.111. The number of thiophene rings is 1. The number of anilines is 1. The topological polar surface area (TPSA) is 95.3 Å². The molecule has 1 aromatic carbocycles. The number of esters is 1. The predicted molar refractivity (Wildman–Crippen MR) is 135 cm³/mol. The molecule has 3 aromatic rings. The number of aromatic nitrogens is 3. The molecule has 1 amide bonds. The van der Waals surface area contributed by atoms with Gasteiger partial charge < -0.3 is 19.4 Å². The Morgan fingerprint density at radius 2 is 2.00 bits per heavy atom. The van der Waals surface area contributed by atoms with Crippen molar-refractivity contribution in [2.45, 2.75) is 52.4 Å². The van der Waals surface area contributed by atoms with E-state index in [-0.39, 0.29) is 17.8 Å². The van der Waals surface area contributed by atoms with Crippen molar-refractivity contribution >= 4 is 51.6 Å². The highest BCUT2D eigenvalue weighted by atomic mass is 35.5. The first kappa shape index (κ1) is 26.1. The highest BCUT2D eigenvalue weighted by Crippen LogP contribution is 2.33. The van der Waals surface area contributed by atoms with E-state index in [4.69, 9.17) is 21.1 Å². The maximum atomic E-state index is 12.6. The second-order valence-electron chi connectivity index (χ2n) is 7.57. The monoisotopic (exact) mass is 522 g/mol. The molecule has 1 unspecified atom stereocenters. The van der Waals surface area contributed by atoms with Gasteiger partial charge in [-0.15, -0.1) is 21.5 Å². The molecule has 1 atom stereocenters. The molecule has 2 heterocycles. The van der Waals surface area contributed by atoms with E-state index in [1.54, 1.807) is 6.07 Å². The smallest absolute Gasteiger partial charge is 0.341 e. The molecule has 8 nitrogen and oxygen atoms in total. The molecule has 182 valence electrons. The van der Waals surface area contributed by atoms with Gasteiger partial charge in [-0.1, -0.05) is 23.4 Å². The number of rotatable bonds is 9. The van der Waals surface area contributed by atoms with Gasteiger partial charge in [-0.05, 0) is 63.9 Å². The van der Waals surface area contributed by atoms with E-state index in [0.29, 0.717) is 38.9 Å². The summed E-state index contributed by atoms with van der Waals surface area (Å²) in [4.78, 5) is 25.7. The van der Waals surface area contributed by atoms with Gasteiger partial charge in [0.2, 0.25) is 5.91 Å². The molecule has 0 aliphatic heterocycles. The molecule has 34 heavy (non-hydrogen) atoms. The van der Waals surface area contributed by atoms with Gasteiger partial charge in [0.15, 0.2) is 17.1 Å². The summed E-state index contributed by atoms with van der Waals surface area (Å²) in [6.07, 6.45) is -0.351. The van der Waals surface area contributed by atoms with Crippen LogP contribution < -0.4 is 10.1 Å². The normalized spacial score (nSPS) is 11.9. The Labute approximate surface area is 212 Å². The molecule has 2 aromatic heterocycles. The third-order valence-corrected chi connectivity index (χ3v) is 7.74. The van der Waals surface area contributed by atoms with Crippen LogP contribution in [-0.4, -0.2) is 39.5 Å². The van der Waals surface area contributed by atoms with Crippen LogP contribution in [0.1, 0.15) is 52.1 Å². The molecule has 0 fully saturated rings. The number of aryl methyl sites for hydroxylation is 2. The van der Waals surface area contributed by atoms with Crippen molar-refractivity contribution in [1.29, 1.82) is 0 Å². The SMILES string of the molecule is CCn1c(SCC(=O)Nc2sc(C)c(C)c2C(=O)OC)nnc1C(C)Oc1ccc(Cl)c(C)c1. The lowest BCUT2D eigenvalue weighted by Crippen LogP contribution is -2.17. The number of benzene rings is 1. The Balaban J connectivity index is 1.68. The van der Waals surface area contributed by atoms with Crippen LogP contribution in [0.4, 0.5) is 5.00 Å².